The maximum atomic E-state index is 10.1. The molecule has 0 aliphatic heterocycles. The zero-order valence-corrected chi connectivity index (χ0v) is 15.7. The van der Waals surface area contributed by atoms with Gasteiger partial charge in [0.15, 0.2) is 0 Å². The number of hydrogen-bond donors (Lipinski definition) is 1. The van der Waals surface area contributed by atoms with E-state index in [1.165, 1.54) is 0 Å². The summed E-state index contributed by atoms with van der Waals surface area (Å²) < 4.78 is 5.45. The molecule has 0 aliphatic rings. The van der Waals surface area contributed by atoms with E-state index < -0.39 is 0 Å². The summed E-state index contributed by atoms with van der Waals surface area (Å²) in [6.07, 6.45) is 0. The van der Waals surface area contributed by atoms with Crippen LogP contribution < -0.4 is 4.74 Å². The largest absolute Gasteiger partial charge is 0.506 e. The van der Waals surface area contributed by atoms with Crippen molar-refractivity contribution < 1.29 is 9.84 Å². The Morgan fingerprint density at radius 3 is 1.83 bits per heavy atom. The van der Waals surface area contributed by atoms with Gasteiger partial charge in [-0.05, 0) is 36.4 Å². The van der Waals surface area contributed by atoms with Crippen LogP contribution in [0.4, 0.5) is 0 Å². The fraction of sp³-hybridized carbons (Fsp3) is 0.0417. The molecule has 5 rings (SSSR count). The summed E-state index contributed by atoms with van der Waals surface area (Å²) in [6.45, 7) is 0. The number of aromatic nitrogens is 3. The molecule has 0 saturated heterocycles. The standard InChI is InChI=1S/C24H17N3O2/c1-29-22-10-3-6-16-12-14-20(27-24(16)22)18-8-4-7-17(25-18)19-13-11-15-5-2-9-21(28)23(15)26-19/h2-14,28H,1H3. The van der Waals surface area contributed by atoms with Gasteiger partial charge >= 0.3 is 0 Å². The van der Waals surface area contributed by atoms with Crippen molar-refractivity contribution in [3.8, 4) is 34.3 Å². The number of nitrogens with zero attached hydrogens (tertiary/aromatic N) is 3. The number of hydrogen-bond acceptors (Lipinski definition) is 5. The molecule has 1 N–H and O–H groups in total. The van der Waals surface area contributed by atoms with Crippen LogP contribution in [0.25, 0.3) is 44.6 Å². The van der Waals surface area contributed by atoms with Crippen LogP contribution in [0.15, 0.2) is 78.9 Å². The van der Waals surface area contributed by atoms with Crippen molar-refractivity contribution in [1.29, 1.82) is 0 Å². The molecule has 140 valence electrons. The lowest BCUT2D eigenvalue weighted by atomic mass is 10.1. The van der Waals surface area contributed by atoms with Crippen LogP contribution in [0.1, 0.15) is 0 Å². The van der Waals surface area contributed by atoms with E-state index in [0.717, 1.165) is 39.1 Å². The number of ether oxygens (including phenoxy) is 1. The zero-order chi connectivity index (χ0) is 19.8. The van der Waals surface area contributed by atoms with Gasteiger partial charge in [0, 0.05) is 10.8 Å². The SMILES string of the molecule is COc1cccc2ccc(-c3cccc(-c4ccc5cccc(O)c5n4)n3)nc12. The molecule has 2 aromatic carbocycles. The number of methoxy groups -OCH3 is 1. The lowest BCUT2D eigenvalue weighted by molar-refractivity contribution is 0.419. The first-order valence-corrected chi connectivity index (χ1v) is 9.23. The number of fused-ring (bicyclic) bond motifs is 2. The Labute approximate surface area is 167 Å². The van der Waals surface area contributed by atoms with Crippen LogP contribution in [0, 0.1) is 0 Å². The number of phenolic OH excluding ortho intramolecular Hbond substituents is 1. The van der Waals surface area contributed by atoms with E-state index in [2.05, 4.69) is 4.98 Å². The fourth-order valence-electron chi connectivity index (χ4n) is 3.42. The number of phenols is 1. The predicted molar refractivity (Wildman–Crippen MR) is 114 cm³/mol. The van der Waals surface area contributed by atoms with Crippen molar-refractivity contribution in [2.75, 3.05) is 7.11 Å². The van der Waals surface area contributed by atoms with E-state index in [-0.39, 0.29) is 5.75 Å². The quantitative estimate of drug-likeness (QED) is 0.465. The maximum absolute atomic E-state index is 10.1. The third kappa shape index (κ3) is 3.02. The van der Waals surface area contributed by atoms with Crippen molar-refractivity contribution in [2.24, 2.45) is 0 Å². The van der Waals surface area contributed by atoms with Crippen LogP contribution in [-0.2, 0) is 0 Å². The number of pyridine rings is 3. The first kappa shape index (κ1) is 17.1. The van der Waals surface area contributed by atoms with Gasteiger partial charge in [-0.2, -0.15) is 0 Å². The van der Waals surface area contributed by atoms with Crippen LogP contribution >= 0.6 is 0 Å². The highest BCUT2D eigenvalue weighted by atomic mass is 16.5. The minimum absolute atomic E-state index is 0.156. The Morgan fingerprint density at radius 1 is 0.586 bits per heavy atom. The molecule has 5 nitrogen and oxygen atoms in total. The van der Waals surface area contributed by atoms with E-state index in [4.69, 9.17) is 14.7 Å². The minimum Gasteiger partial charge on any atom is -0.506 e. The third-order valence-electron chi connectivity index (χ3n) is 4.88. The van der Waals surface area contributed by atoms with Crippen LogP contribution in [0.3, 0.4) is 0 Å². The Hall–Kier alpha value is -3.99. The summed E-state index contributed by atoms with van der Waals surface area (Å²) in [6, 6.07) is 24.8. The molecule has 0 unspecified atom stereocenters. The van der Waals surface area contributed by atoms with Crippen molar-refractivity contribution >= 4 is 21.8 Å². The van der Waals surface area contributed by atoms with Gasteiger partial charge in [-0.25, -0.2) is 15.0 Å². The van der Waals surface area contributed by atoms with Crippen LogP contribution in [0.2, 0.25) is 0 Å². The molecule has 0 saturated carbocycles. The molecule has 5 heteroatoms. The average Bonchev–Trinajstić information content (AvgIpc) is 2.78. The van der Waals surface area contributed by atoms with Crippen molar-refractivity contribution in [3.63, 3.8) is 0 Å². The second kappa shape index (κ2) is 6.87. The topological polar surface area (TPSA) is 68.1 Å². The van der Waals surface area contributed by atoms with Crippen molar-refractivity contribution in [2.45, 2.75) is 0 Å². The molecule has 0 radical (unpaired) electrons. The fourth-order valence-corrected chi connectivity index (χ4v) is 3.42. The molecule has 3 heterocycles. The molecule has 0 fully saturated rings. The summed E-state index contributed by atoms with van der Waals surface area (Å²) in [5.41, 5.74) is 4.27. The van der Waals surface area contributed by atoms with Gasteiger partial charge in [-0.1, -0.05) is 42.5 Å². The molecular formula is C24H17N3O2. The normalized spacial score (nSPS) is 11.1. The molecule has 0 spiro atoms. The lowest BCUT2D eigenvalue weighted by Gasteiger charge is -2.08. The maximum Gasteiger partial charge on any atom is 0.145 e. The lowest BCUT2D eigenvalue weighted by Crippen LogP contribution is -1.94. The molecule has 5 aromatic rings. The molecule has 0 atom stereocenters. The van der Waals surface area contributed by atoms with Gasteiger partial charge in [0.1, 0.15) is 22.5 Å². The Balaban J connectivity index is 1.62. The van der Waals surface area contributed by atoms with Crippen molar-refractivity contribution in [1.82, 2.24) is 15.0 Å². The molecule has 29 heavy (non-hydrogen) atoms. The van der Waals surface area contributed by atoms with Gasteiger partial charge in [-0.15, -0.1) is 0 Å². The first-order chi connectivity index (χ1) is 14.2. The smallest absolute Gasteiger partial charge is 0.145 e. The second-order valence-corrected chi connectivity index (χ2v) is 6.68. The van der Waals surface area contributed by atoms with Gasteiger partial charge < -0.3 is 9.84 Å². The van der Waals surface area contributed by atoms with Gasteiger partial charge in [0.05, 0.1) is 29.9 Å². The highest BCUT2D eigenvalue weighted by molar-refractivity contribution is 5.87. The predicted octanol–water partition coefficient (Wildman–Crippen LogP) is 5.23. The van der Waals surface area contributed by atoms with Crippen LogP contribution in [0.5, 0.6) is 11.5 Å². The van der Waals surface area contributed by atoms with Crippen molar-refractivity contribution in [3.05, 3.63) is 78.9 Å². The number of rotatable bonds is 3. The summed E-state index contributed by atoms with van der Waals surface area (Å²) >= 11 is 0. The zero-order valence-electron chi connectivity index (χ0n) is 15.7. The van der Waals surface area contributed by atoms with Gasteiger partial charge in [-0.3, -0.25) is 0 Å². The minimum atomic E-state index is 0.156. The summed E-state index contributed by atoms with van der Waals surface area (Å²) in [5, 5.41) is 12.0. The van der Waals surface area contributed by atoms with E-state index in [1.807, 2.05) is 66.7 Å². The molecule has 0 bridgehead atoms. The Morgan fingerprint density at radius 2 is 1.14 bits per heavy atom. The highest BCUT2D eigenvalue weighted by Gasteiger charge is 2.10. The van der Waals surface area contributed by atoms with Gasteiger partial charge in [0.25, 0.3) is 0 Å². The van der Waals surface area contributed by atoms with E-state index in [9.17, 15) is 5.11 Å². The Bertz CT molecular complexity index is 1370. The van der Waals surface area contributed by atoms with E-state index in [0.29, 0.717) is 11.2 Å². The summed E-state index contributed by atoms with van der Waals surface area (Å²) in [7, 11) is 1.64. The first-order valence-electron chi connectivity index (χ1n) is 9.23. The summed E-state index contributed by atoms with van der Waals surface area (Å²) in [5.74, 6) is 0.885. The average molecular weight is 379 g/mol. The van der Waals surface area contributed by atoms with Gasteiger partial charge in [0.2, 0.25) is 0 Å². The molecule has 0 amide bonds. The molecule has 0 aliphatic carbocycles. The Kier molecular flexibility index (Phi) is 4.06. The molecule has 3 aromatic heterocycles. The van der Waals surface area contributed by atoms with E-state index >= 15 is 0 Å². The molecular weight excluding hydrogens is 362 g/mol. The number of benzene rings is 2. The summed E-state index contributed by atoms with van der Waals surface area (Å²) in [4.78, 5) is 14.1. The van der Waals surface area contributed by atoms with Crippen LogP contribution in [-0.4, -0.2) is 27.2 Å². The number of para-hydroxylation sites is 2. The second-order valence-electron chi connectivity index (χ2n) is 6.68. The highest BCUT2D eigenvalue weighted by Crippen LogP contribution is 2.29. The third-order valence-corrected chi connectivity index (χ3v) is 4.88. The van der Waals surface area contributed by atoms with E-state index in [1.54, 1.807) is 19.2 Å². The number of aromatic hydroxyl groups is 1. The monoisotopic (exact) mass is 379 g/mol.